The van der Waals surface area contributed by atoms with Crippen molar-refractivity contribution in [3.05, 3.63) is 33.9 Å². The van der Waals surface area contributed by atoms with Crippen molar-refractivity contribution < 1.29 is 14.8 Å². The number of nitro groups is 1. The molecule has 0 radical (unpaired) electrons. The molecule has 0 aliphatic heterocycles. The van der Waals surface area contributed by atoms with Gasteiger partial charge in [-0.25, -0.2) is 0 Å². The molecule has 70 valence electrons. The fourth-order valence-electron chi connectivity index (χ4n) is 0.999. The highest BCUT2D eigenvalue weighted by Crippen LogP contribution is 2.29. The first-order valence-electron chi connectivity index (χ1n) is 3.61. The summed E-state index contributed by atoms with van der Waals surface area (Å²) in [7, 11) is 1.39. The Morgan fingerprint density at radius 2 is 2.31 bits per heavy atom. The molecule has 1 aromatic carbocycles. The predicted octanol–water partition coefficient (Wildman–Crippen LogP) is 1.18. The van der Waals surface area contributed by atoms with E-state index in [1.807, 2.05) is 0 Å². The van der Waals surface area contributed by atoms with Gasteiger partial charge in [-0.15, -0.1) is 0 Å². The summed E-state index contributed by atoms with van der Waals surface area (Å²) in [5.41, 5.74) is 0.254. The second-order valence-corrected chi connectivity index (χ2v) is 2.46. The summed E-state index contributed by atoms with van der Waals surface area (Å²) >= 11 is 0. The SMILES string of the molecule is COc1cccc(C[N+](=O)[O-])c1O. The zero-order valence-electron chi connectivity index (χ0n) is 7.06. The molecule has 0 saturated heterocycles. The number of para-hydroxylation sites is 1. The maximum Gasteiger partial charge on any atom is 0.232 e. The Labute approximate surface area is 74.7 Å². The highest BCUT2D eigenvalue weighted by Gasteiger charge is 2.11. The standard InChI is InChI=1S/C8H9NO4/c1-13-7-4-2-3-6(8(7)10)5-9(11)12/h2-4,10H,5H2,1H3. The van der Waals surface area contributed by atoms with Crippen LogP contribution in [0.25, 0.3) is 0 Å². The summed E-state index contributed by atoms with van der Waals surface area (Å²) < 4.78 is 4.79. The van der Waals surface area contributed by atoms with E-state index in [9.17, 15) is 15.2 Å². The van der Waals surface area contributed by atoms with Gasteiger partial charge in [0.2, 0.25) is 6.54 Å². The average molecular weight is 183 g/mol. The lowest BCUT2D eigenvalue weighted by Crippen LogP contribution is -1.99. The van der Waals surface area contributed by atoms with Gasteiger partial charge in [0.15, 0.2) is 11.5 Å². The fourth-order valence-corrected chi connectivity index (χ4v) is 0.999. The lowest BCUT2D eigenvalue weighted by Gasteiger charge is -2.04. The van der Waals surface area contributed by atoms with E-state index in [1.54, 1.807) is 12.1 Å². The molecule has 1 aromatic rings. The maximum absolute atomic E-state index is 10.2. The first-order chi connectivity index (χ1) is 6.15. The lowest BCUT2D eigenvalue weighted by molar-refractivity contribution is -0.496. The van der Waals surface area contributed by atoms with Crippen molar-refractivity contribution in [1.82, 2.24) is 0 Å². The van der Waals surface area contributed by atoms with Crippen LogP contribution in [0.2, 0.25) is 0 Å². The first kappa shape index (κ1) is 9.31. The van der Waals surface area contributed by atoms with Gasteiger partial charge in [0.05, 0.1) is 12.7 Å². The zero-order chi connectivity index (χ0) is 9.84. The van der Waals surface area contributed by atoms with Gasteiger partial charge >= 0.3 is 0 Å². The zero-order valence-corrected chi connectivity index (χ0v) is 7.06. The van der Waals surface area contributed by atoms with Gasteiger partial charge in [0, 0.05) is 4.92 Å². The number of methoxy groups -OCH3 is 1. The minimum absolute atomic E-state index is 0.165. The molecule has 5 heteroatoms. The maximum atomic E-state index is 10.2. The molecule has 5 nitrogen and oxygen atoms in total. The van der Waals surface area contributed by atoms with Crippen LogP contribution >= 0.6 is 0 Å². The third-order valence-electron chi connectivity index (χ3n) is 1.60. The van der Waals surface area contributed by atoms with Crippen LogP contribution in [-0.2, 0) is 6.54 Å². The number of hydrogen-bond donors (Lipinski definition) is 1. The number of rotatable bonds is 3. The number of benzene rings is 1. The summed E-state index contributed by atoms with van der Waals surface area (Å²) in [5.74, 6) is 0.0843. The van der Waals surface area contributed by atoms with E-state index in [0.29, 0.717) is 0 Å². The lowest BCUT2D eigenvalue weighted by atomic mass is 10.2. The molecule has 0 aliphatic rings. The summed E-state index contributed by atoms with van der Waals surface area (Å²) in [6.07, 6.45) is 0. The third kappa shape index (κ3) is 2.08. The van der Waals surface area contributed by atoms with Crippen LogP contribution in [0.3, 0.4) is 0 Å². The third-order valence-corrected chi connectivity index (χ3v) is 1.60. The number of phenolic OH excluding ortho intramolecular Hbond substituents is 1. The van der Waals surface area contributed by atoms with Gasteiger partial charge in [0.1, 0.15) is 0 Å². The topological polar surface area (TPSA) is 72.6 Å². The van der Waals surface area contributed by atoms with Crippen molar-refractivity contribution >= 4 is 0 Å². The smallest absolute Gasteiger partial charge is 0.232 e. The molecule has 1 N–H and O–H groups in total. The fraction of sp³-hybridized carbons (Fsp3) is 0.250. The van der Waals surface area contributed by atoms with Crippen LogP contribution in [0.1, 0.15) is 5.56 Å². The van der Waals surface area contributed by atoms with E-state index < -0.39 is 11.5 Å². The van der Waals surface area contributed by atoms with E-state index in [4.69, 9.17) is 4.74 Å². The Hall–Kier alpha value is -1.78. The van der Waals surface area contributed by atoms with Crippen LogP contribution in [0.5, 0.6) is 11.5 Å². The Bertz CT molecular complexity index is 324. The Kier molecular flexibility index (Phi) is 2.69. The predicted molar refractivity (Wildman–Crippen MR) is 45.4 cm³/mol. The number of phenols is 1. The second kappa shape index (κ2) is 3.75. The van der Waals surface area contributed by atoms with Crippen LogP contribution in [-0.4, -0.2) is 17.1 Å². The van der Waals surface area contributed by atoms with Crippen molar-refractivity contribution in [1.29, 1.82) is 0 Å². The van der Waals surface area contributed by atoms with Crippen LogP contribution in [0.15, 0.2) is 18.2 Å². The second-order valence-electron chi connectivity index (χ2n) is 2.46. The van der Waals surface area contributed by atoms with E-state index >= 15 is 0 Å². The van der Waals surface area contributed by atoms with Crippen LogP contribution in [0.4, 0.5) is 0 Å². The molecule has 1 rings (SSSR count). The Morgan fingerprint density at radius 1 is 1.62 bits per heavy atom. The van der Waals surface area contributed by atoms with Crippen molar-refractivity contribution in [2.24, 2.45) is 0 Å². The van der Waals surface area contributed by atoms with Crippen molar-refractivity contribution in [2.45, 2.75) is 6.54 Å². The summed E-state index contributed by atoms with van der Waals surface area (Å²) in [4.78, 5) is 9.67. The van der Waals surface area contributed by atoms with Crippen molar-refractivity contribution in [2.75, 3.05) is 7.11 Å². The number of aromatic hydroxyl groups is 1. The summed E-state index contributed by atoms with van der Waals surface area (Å²) in [6, 6.07) is 4.62. The molecule has 0 aliphatic carbocycles. The number of hydrogen-bond acceptors (Lipinski definition) is 4. The average Bonchev–Trinajstić information content (AvgIpc) is 2.08. The molecule has 0 amide bonds. The van der Waals surface area contributed by atoms with Gasteiger partial charge in [-0.2, -0.15) is 0 Å². The molecule has 0 unspecified atom stereocenters. The Morgan fingerprint density at radius 3 is 2.85 bits per heavy atom. The first-order valence-corrected chi connectivity index (χ1v) is 3.61. The monoisotopic (exact) mass is 183 g/mol. The molecule has 0 fully saturated rings. The minimum atomic E-state index is -0.505. The van der Waals surface area contributed by atoms with Gasteiger partial charge < -0.3 is 9.84 Å². The minimum Gasteiger partial charge on any atom is -0.504 e. The molecule has 0 aromatic heterocycles. The van der Waals surface area contributed by atoms with Gasteiger partial charge in [-0.05, 0) is 12.1 Å². The van der Waals surface area contributed by atoms with E-state index in [0.717, 1.165) is 0 Å². The summed E-state index contributed by atoms with van der Waals surface area (Å²) in [5, 5.41) is 19.6. The molecule has 0 atom stereocenters. The number of nitrogens with zero attached hydrogens (tertiary/aromatic N) is 1. The molecule has 0 spiro atoms. The summed E-state index contributed by atoms with van der Waals surface area (Å²) in [6.45, 7) is -0.400. The molecular weight excluding hydrogens is 174 g/mol. The van der Waals surface area contributed by atoms with Crippen LogP contribution < -0.4 is 4.74 Å². The van der Waals surface area contributed by atoms with E-state index in [2.05, 4.69) is 0 Å². The molecule has 13 heavy (non-hydrogen) atoms. The van der Waals surface area contributed by atoms with E-state index in [-0.39, 0.29) is 17.1 Å². The van der Waals surface area contributed by atoms with Crippen molar-refractivity contribution in [3.8, 4) is 11.5 Å². The van der Waals surface area contributed by atoms with Crippen molar-refractivity contribution in [3.63, 3.8) is 0 Å². The molecule has 0 heterocycles. The number of ether oxygens (including phenoxy) is 1. The largest absolute Gasteiger partial charge is 0.504 e. The highest BCUT2D eigenvalue weighted by molar-refractivity contribution is 5.44. The normalized spacial score (nSPS) is 9.62. The molecular formula is C8H9NO4. The quantitative estimate of drug-likeness (QED) is 0.564. The van der Waals surface area contributed by atoms with Crippen LogP contribution in [0, 0.1) is 10.1 Å². The molecule has 0 saturated carbocycles. The van der Waals surface area contributed by atoms with E-state index in [1.165, 1.54) is 13.2 Å². The van der Waals surface area contributed by atoms with Gasteiger partial charge in [-0.1, -0.05) is 6.07 Å². The van der Waals surface area contributed by atoms with Gasteiger partial charge in [0.25, 0.3) is 0 Å². The molecule has 0 bridgehead atoms. The Balaban J connectivity index is 3.01. The highest BCUT2D eigenvalue weighted by atomic mass is 16.6. The van der Waals surface area contributed by atoms with Gasteiger partial charge in [-0.3, -0.25) is 10.1 Å².